The van der Waals surface area contributed by atoms with E-state index in [1.807, 2.05) is 6.92 Å². The number of hydrogen-bond acceptors (Lipinski definition) is 5. The third kappa shape index (κ3) is 4.78. The van der Waals surface area contributed by atoms with E-state index >= 15 is 0 Å². The van der Waals surface area contributed by atoms with Gasteiger partial charge in [-0.1, -0.05) is 31.2 Å². The Balaban J connectivity index is 1.63. The summed E-state index contributed by atoms with van der Waals surface area (Å²) in [6, 6.07) is 10.8. The fourth-order valence-corrected chi connectivity index (χ4v) is 4.43. The second kappa shape index (κ2) is 8.95. The summed E-state index contributed by atoms with van der Waals surface area (Å²) in [4.78, 5) is 14.4. The second-order valence-electron chi connectivity index (χ2n) is 8.03. The van der Waals surface area contributed by atoms with Gasteiger partial charge in [-0.3, -0.25) is 0 Å². The molecule has 1 unspecified atom stereocenters. The van der Waals surface area contributed by atoms with Gasteiger partial charge < -0.3 is 20.4 Å². The first-order chi connectivity index (χ1) is 14.1. The maximum absolute atomic E-state index is 5.38. The Morgan fingerprint density at radius 3 is 2.66 bits per heavy atom. The molecular formula is C22H30N6S. The lowest BCUT2D eigenvalue weighted by Crippen LogP contribution is -2.36. The minimum Gasteiger partial charge on any atom is -0.363 e. The van der Waals surface area contributed by atoms with Crippen LogP contribution in [-0.4, -0.2) is 41.3 Å². The van der Waals surface area contributed by atoms with Crippen molar-refractivity contribution in [2.75, 3.05) is 41.3 Å². The molecule has 0 spiro atoms. The highest BCUT2D eigenvalue weighted by molar-refractivity contribution is 7.80. The summed E-state index contributed by atoms with van der Waals surface area (Å²) in [6.45, 7) is 9.02. The summed E-state index contributed by atoms with van der Waals surface area (Å²) in [6.07, 6.45) is 3.53. The average Bonchev–Trinajstić information content (AvgIpc) is 2.73. The number of hydrogen-bond donors (Lipinski definition) is 2. The van der Waals surface area contributed by atoms with Gasteiger partial charge in [0, 0.05) is 38.8 Å². The van der Waals surface area contributed by atoms with Crippen molar-refractivity contribution >= 4 is 34.9 Å². The predicted molar refractivity (Wildman–Crippen MR) is 124 cm³/mol. The van der Waals surface area contributed by atoms with Crippen molar-refractivity contribution in [3.8, 4) is 0 Å². The van der Waals surface area contributed by atoms with Crippen molar-refractivity contribution in [2.45, 2.75) is 39.7 Å². The first-order valence-corrected chi connectivity index (χ1v) is 11.0. The van der Waals surface area contributed by atoms with Gasteiger partial charge in [0.1, 0.15) is 11.6 Å². The summed E-state index contributed by atoms with van der Waals surface area (Å²) in [5.41, 5.74) is 2.82. The van der Waals surface area contributed by atoms with E-state index in [0.717, 1.165) is 50.8 Å². The summed E-state index contributed by atoms with van der Waals surface area (Å²) >= 11 is 5.38. The molecule has 0 saturated carbocycles. The average molecular weight is 411 g/mol. The van der Waals surface area contributed by atoms with E-state index in [-0.39, 0.29) is 0 Å². The zero-order valence-corrected chi connectivity index (χ0v) is 18.1. The minimum atomic E-state index is 0.562. The van der Waals surface area contributed by atoms with Gasteiger partial charge in [-0.25, -0.2) is 0 Å². The number of fused-ring (bicyclic) bond motifs is 1. The Bertz CT molecular complexity index is 870. The van der Waals surface area contributed by atoms with Gasteiger partial charge >= 0.3 is 0 Å². The Kier molecular flexibility index (Phi) is 6.13. The first kappa shape index (κ1) is 19.9. The Labute approximate surface area is 178 Å². The lowest BCUT2D eigenvalue weighted by molar-refractivity contribution is 0.444. The topological polar surface area (TPSA) is 56.3 Å². The lowest BCUT2D eigenvalue weighted by Gasteiger charge is -2.34. The molecule has 2 aromatic rings. The molecule has 2 aliphatic rings. The molecule has 0 bridgehead atoms. The third-order valence-electron chi connectivity index (χ3n) is 5.70. The van der Waals surface area contributed by atoms with Crippen molar-refractivity contribution in [3.63, 3.8) is 0 Å². The molecule has 0 amide bonds. The highest BCUT2D eigenvalue weighted by atomic mass is 32.1. The normalized spacial score (nSPS) is 18.9. The van der Waals surface area contributed by atoms with Crippen LogP contribution in [0.5, 0.6) is 0 Å². The first-order valence-electron chi connectivity index (χ1n) is 10.6. The number of rotatable bonds is 4. The van der Waals surface area contributed by atoms with Crippen LogP contribution >= 0.6 is 12.2 Å². The highest BCUT2D eigenvalue weighted by Crippen LogP contribution is 2.28. The van der Waals surface area contributed by atoms with Crippen LogP contribution in [0.15, 0.2) is 30.3 Å². The predicted octanol–water partition coefficient (Wildman–Crippen LogP) is 3.58. The van der Waals surface area contributed by atoms with Crippen LogP contribution in [-0.2, 0) is 13.0 Å². The standard InChI is InChI=1S/C22H30N6S/c1-3-23-22(29)26-21-24-19(27-11-6-7-16(2)14-27)13-20(25-21)28-12-10-17-8-4-5-9-18(17)15-28/h4-5,8-9,13,16H,3,6-7,10-12,14-15H2,1-2H3,(H2,23,24,25,26,29). The molecule has 4 rings (SSSR count). The van der Waals surface area contributed by atoms with Crippen molar-refractivity contribution in [1.82, 2.24) is 15.3 Å². The molecule has 6 nitrogen and oxygen atoms in total. The molecule has 1 atom stereocenters. The molecule has 2 N–H and O–H groups in total. The van der Waals surface area contributed by atoms with E-state index in [4.69, 9.17) is 22.2 Å². The fraction of sp³-hybridized carbons (Fsp3) is 0.500. The number of nitrogens with zero attached hydrogens (tertiary/aromatic N) is 4. The van der Waals surface area contributed by atoms with E-state index < -0.39 is 0 Å². The van der Waals surface area contributed by atoms with Crippen molar-refractivity contribution in [2.24, 2.45) is 5.92 Å². The Hall–Kier alpha value is -2.41. The van der Waals surface area contributed by atoms with E-state index in [2.05, 4.69) is 57.7 Å². The van der Waals surface area contributed by atoms with Gasteiger partial charge in [-0.15, -0.1) is 0 Å². The van der Waals surface area contributed by atoms with Crippen LogP contribution in [0.2, 0.25) is 0 Å². The Morgan fingerprint density at radius 1 is 1.14 bits per heavy atom. The van der Waals surface area contributed by atoms with Gasteiger partial charge in [0.05, 0.1) is 0 Å². The monoisotopic (exact) mass is 410 g/mol. The van der Waals surface area contributed by atoms with Crippen LogP contribution in [0.3, 0.4) is 0 Å². The number of benzene rings is 1. The number of nitrogens with one attached hydrogen (secondary N) is 2. The van der Waals surface area contributed by atoms with E-state index in [0.29, 0.717) is 17.0 Å². The van der Waals surface area contributed by atoms with Gasteiger partial charge in [-0.05, 0) is 55.4 Å². The van der Waals surface area contributed by atoms with Crippen LogP contribution < -0.4 is 20.4 Å². The fourth-order valence-electron chi connectivity index (χ4n) is 4.20. The van der Waals surface area contributed by atoms with E-state index in [1.165, 1.54) is 24.0 Å². The van der Waals surface area contributed by atoms with Gasteiger partial charge in [0.15, 0.2) is 5.11 Å². The lowest BCUT2D eigenvalue weighted by atomic mass is 10.00. The second-order valence-corrected chi connectivity index (χ2v) is 8.43. The molecule has 0 radical (unpaired) electrons. The van der Waals surface area contributed by atoms with Gasteiger partial charge in [0.25, 0.3) is 0 Å². The number of anilines is 3. The molecule has 1 aromatic carbocycles. The molecule has 1 fully saturated rings. The Morgan fingerprint density at radius 2 is 1.90 bits per heavy atom. The molecule has 29 heavy (non-hydrogen) atoms. The third-order valence-corrected chi connectivity index (χ3v) is 5.94. The zero-order chi connectivity index (χ0) is 20.2. The quantitative estimate of drug-likeness (QED) is 0.747. The molecule has 1 saturated heterocycles. The summed E-state index contributed by atoms with van der Waals surface area (Å²) in [5, 5.41) is 6.86. The molecular weight excluding hydrogens is 380 g/mol. The van der Waals surface area contributed by atoms with Crippen LogP contribution in [0.1, 0.15) is 37.8 Å². The van der Waals surface area contributed by atoms with Crippen molar-refractivity contribution < 1.29 is 0 Å². The van der Waals surface area contributed by atoms with Gasteiger partial charge in [-0.2, -0.15) is 9.97 Å². The number of piperidine rings is 1. The molecule has 2 aliphatic heterocycles. The molecule has 0 aliphatic carbocycles. The van der Waals surface area contributed by atoms with E-state index in [1.54, 1.807) is 0 Å². The summed E-state index contributed by atoms with van der Waals surface area (Å²) in [7, 11) is 0. The van der Waals surface area contributed by atoms with E-state index in [9.17, 15) is 0 Å². The summed E-state index contributed by atoms with van der Waals surface area (Å²) in [5.74, 6) is 3.20. The summed E-state index contributed by atoms with van der Waals surface area (Å²) < 4.78 is 0. The van der Waals surface area contributed by atoms with Crippen LogP contribution in [0.25, 0.3) is 0 Å². The smallest absolute Gasteiger partial charge is 0.232 e. The minimum absolute atomic E-state index is 0.562. The van der Waals surface area contributed by atoms with Crippen LogP contribution in [0.4, 0.5) is 17.6 Å². The number of aromatic nitrogens is 2. The van der Waals surface area contributed by atoms with Gasteiger partial charge in [0.2, 0.25) is 5.95 Å². The highest BCUT2D eigenvalue weighted by Gasteiger charge is 2.22. The molecule has 3 heterocycles. The van der Waals surface area contributed by atoms with Crippen molar-refractivity contribution in [3.05, 3.63) is 41.5 Å². The molecule has 1 aromatic heterocycles. The zero-order valence-electron chi connectivity index (χ0n) is 17.3. The largest absolute Gasteiger partial charge is 0.363 e. The maximum Gasteiger partial charge on any atom is 0.232 e. The van der Waals surface area contributed by atoms with Crippen molar-refractivity contribution in [1.29, 1.82) is 0 Å². The molecule has 154 valence electrons. The molecule has 7 heteroatoms. The maximum atomic E-state index is 5.38. The number of thiocarbonyl (C=S) groups is 1. The van der Waals surface area contributed by atoms with Crippen LogP contribution in [0, 0.1) is 5.92 Å². The SMILES string of the molecule is CCNC(=S)Nc1nc(N2CCc3ccccc3C2)cc(N2CCCC(C)C2)n1.